The van der Waals surface area contributed by atoms with Crippen molar-refractivity contribution in [2.24, 2.45) is 5.73 Å². The van der Waals surface area contributed by atoms with E-state index in [4.69, 9.17) is 10.5 Å². The molecular formula is C22H22F2N6O2. The summed E-state index contributed by atoms with van der Waals surface area (Å²) in [4.78, 5) is 12.8. The molecule has 10 heteroatoms. The lowest BCUT2D eigenvalue weighted by Gasteiger charge is -2.08. The van der Waals surface area contributed by atoms with Crippen LogP contribution in [0.5, 0.6) is 0 Å². The maximum Gasteiger partial charge on any atom is 0.275 e. The van der Waals surface area contributed by atoms with Gasteiger partial charge in [0.2, 0.25) is 0 Å². The maximum atomic E-state index is 13.5. The largest absolute Gasteiger partial charge is 0.378 e. The van der Waals surface area contributed by atoms with E-state index >= 15 is 0 Å². The quantitative estimate of drug-likeness (QED) is 0.347. The second-order valence-electron chi connectivity index (χ2n) is 7.20. The molecule has 4 aromatic rings. The number of amides is 1. The lowest BCUT2D eigenvalue weighted by molar-refractivity contribution is 0.100. The number of halogens is 2. The molecule has 166 valence electrons. The van der Waals surface area contributed by atoms with Gasteiger partial charge in [-0.3, -0.25) is 14.6 Å². The fraction of sp³-hybridized carbons (Fsp3) is 0.227. The zero-order chi connectivity index (χ0) is 22.5. The Labute approximate surface area is 182 Å². The molecule has 2 aromatic heterocycles. The Morgan fingerprint density at radius 3 is 2.69 bits per heavy atom. The summed E-state index contributed by atoms with van der Waals surface area (Å²) in [5, 5.41) is 14.7. The zero-order valence-corrected chi connectivity index (χ0v) is 17.1. The summed E-state index contributed by atoms with van der Waals surface area (Å²) in [7, 11) is 0. The molecule has 0 saturated heterocycles. The highest BCUT2D eigenvalue weighted by Crippen LogP contribution is 2.24. The zero-order valence-electron chi connectivity index (χ0n) is 17.1. The first-order chi connectivity index (χ1) is 15.5. The average molecular weight is 440 g/mol. The number of rotatable bonds is 9. The number of aromatic nitrogens is 4. The molecule has 2 aromatic carbocycles. The van der Waals surface area contributed by atoms with Gasteiger partial charge in [0.25, 0.3) is 5.91 Å². The van der Waals surface area contributed by atoms with Gasteiger partial charge in [0.1, 0.15) is 17.3 Å². The molecule has 0 spiro atoms. The summed E-state index contributed by atoms with van der Waals surface area (Å²) >= 11 is 0. The van der Waals surface area contributed by atoms with Gasteiger partial charge in [0.15, 0.2) is 5.82 Å². The molecule has 0 aliphatic carbocycles. The predicted molar refractivity (Wildman–Crippen MR) is 115 cm³/mol. The fourth-order valence-electron chi connectivity index (χ4n) is 3.43. The van der Waals surface area contributed by atoms with Crippen LogP contribution in [-0.4, -0.2) is 45.6 Å². The summed E-state index contributed by atoms with van der Waals surface area (Å²) < 4.78 is 33.9. The molecule has 4 N–H and O–H groups in total. The van der Waals surface area contributed by atoms with Crippen molar-refractivity contribution in [3.63, 3.8) is 0 Å². The Bertz CT molecular complexity index is 1220. The van der Waals surface area contributed by atoms with E-state index in [1.165, 1.54) is 18.3 Å². The van der Waals surface area contributed by atoms with Crippen molar-refractivity contribution in [1.82, 2.24) is 20.0 Å². The third kappa shape index (κ3) is 4.98. The van der Waals surface area contributed by atoms with Crippen molar-refractivity contribution >= 4 is 22.6 Å². The van der Waals surface area contributed by atoms with Crippen molar-refractivity contribution < 1.29 is 18.3 Å². The third-order valence-electron chi connectivity index (χ3n) is 4.85. The molecule has 8 nitrogen and oxygen atoms in total. The van der Waals surface area contributed by atoms with E-state index in [9.17, 15) is 13.6 Å². The number of carbonyl (C=O) groups excluding carboxylic acids is 1. The number of aromatic amines is 1. The summed E-state index contributed by atoms with van der Waals surface area (Å²) in [5.74, 6) is -1.26. The van der Waals surface area contributed by atoms with Gasteiger partial charge in [0, 0.05) is 24.2 Å². The summed E-state index contributed by atoms with van der Waals surface area (Å²) in [6.45, 7) is 1.65. The maximum absolute atomic E-state index is 13.5. The molecular weight excluding hydrogens is 418 g/mol. The van der Waals surface area contributed by atoms with E-state index in [0.29, 0.717) is 55.2 Å². The van der Waals surface area contributed by atoms with Crippen LogP contribution in [-0.2, 0) is 17.7 Å². The SMILES string of the molecule is NCCOCCn1nccc1C(=O)Nc1n[nH]c2ccc(Cc3cc(F)cc(F)c3)cc12. The van der Waals surface area contributed by atoms with Gasteiger partial charge in [0.05, 0.1) is 25.3 Å². The Morgan fingerprint density at radius 2 is 1.91 bits per heavy atom. The number of fused-ring (bicyclic) bond motifs is 1. The summed E-state index contributed by atoms with van der Waals surface area (Å²) in [5.41, 5.74) is 7.82. The van der Waals surface area contributed by atoms with Crippen molar-refractivity contribution in [3.8, 4) is 0 Å². The van der Waals surface area contributed by atoms with Crippen LogP contribution < -0.4 is 11.1 Å². The second kappa shape index (κ2) is 9.67. The molecule has 0 aliphatic heterocycles. The summed E-state index contributed by atoms with van der Waals surface area (Å²) in [6, 6.07) is 10.5. The minimum absolute atomic E-state index is 0.332. The molecule has 0 fully saturated rings. The number of ether oxygens (including phenoxy) is 1. The van der Waals surface area contributed by atoms with Crippen molar-refractivity contribution in [2.45, 2.75) is 13.0 Å². The van der Waals surface area contributed by atoms with Gasteiger partial charge < -0.3 is 15.8 Å². The van der Waals surface area contributed by atoms with Crippen LogP contribution >= 0.6 is 0 Å². The Kier molecular flexibility index (Phi) is 6.52. The van der Waals surface area contributed by atoms with Gasteiger partial charge in [-0.05, 0) is 47.9 Å². The number of hydrogen-bond donors (Lipinski definition) is 3. The van der Waals surface area contributed by atoms with E-state index in [-0.39, 0.29) is 5.91 Å². The monoisotopic (exact) mass is 440 g/mol. The minimum Gasteiger partial charge on any atom is -0.378 e. The van der Waals surface area contributed by atoms with Crippen LogP contribution in [0, 0.1) is 11.6 Å². The van der Waals surface area contributed by atoms with E-state index in [2.05, 4.69) is 20.6 Å². The number of anilines is 1. The van der Waals surface area contributed by atoms with Crippen LogP contribution in [0.25, 0.3) is 10.9 Å². The molecule has 4 rings (SSSR count). The molecule has 32 heavy (non-hydrogen) atoms. The van der Waals surface area contributed by atoms with Gasteiger partial charge in [-0.15, -0.1) is 0 Å². The van der Waals surface area contributed by atoms with E-state index in [0.717, 1.165) is 17.1 Å². The Morgan fingerprint density at radius 1 is 1.09 bits per heavy atom. The fourth-order valence-corrected chi connectivity index (χ4v) is 3.43. The van der Waals surface area contributed by atoms with Crippen molar-refractivity contribution in [1.29, 1.82) is 0 Å². The second-order valence-corrected chi connectivity index (χ2v) is 7.20. The first-order valence-corrected chi connectivity index (χ1v) is 10.1. The van der Waals surface area contributed by atoms with E-state index in [1.807, 2.05) is 18.2 Å². The number of hydrogen-bond acceptors (Lipinski definition) is 5. The summed E-state index contributed by atoms with van der Waals surface area (Å²) in [6.07, 6.45) is 1.87. The lowest BCUT2D eigenvalue weighted by atomic mass is 10.0. The van der Waals surface area contributed by atoms with Crippen molar-refractivity contribution in [3.05, 3.63) is 77.1 Å². The lowest BCUT2D eigenvalue weighted by Crippen LogP contribution is -2.20. The molecule has 0 aliphatic rings. The highest BCUT2D eigenvalue weighted by Gasteiger charge is 2.16. The van der Waals surface area contributed by atoms with Gasteiger partial charge in [-0.25, -0.2) is 8.78 Å². The molecule has 1 amide bonds. The van der Waals surface area contributed by atoms with E-state index in [1.54, 1.807) is 10.7 Å². The predicted octanol–water partition coefficient (Wildman–Crippen LogP) is 2.86. The topological polar surface area (TPSA) is 111 Å². The van der Waals surface area contributed by atoms with Gasteiger partial charge >= 0.3 is 0 Å². The molecule has 2 heterocycles. The Balaban J connectivity index is 1.51. The highest BCUT2D eigenvalue weighted by atomic mass is 19.1. The smallest absolute Gasteiger partial charge is 0.275 e. The molecule has 0 radical (unpaired) electrons. The number of carbonyl (C=O) groups is 1. The number of benzene rings is 2. The van der Waals surface area contributed by atoms with Crippen molar-refractivity contribution in [2.75, 3.05) is 25.1 Å². The Hall–Kier alpha value is -3.63. The third-order valence-corrected chi connectivity index (χ3v) is 4.85. The number of nitrogens with two attached hydrogens (primary N) is 1. The number of H-pyrrole nitrogens is 1. The first-order valence-electron chi connectivity index (χ1n) is 10.1. The molecule has 0 saturated carbocycles. The highest BCUT2D eigenvalue weighted by molar-refractivity contribution is 6.07. The van der Waals surface area contributed by atoms with Crippen LogP contribution in [0.2, 0.25) is 0 Å². The average Bonchev–Trinajstić information content (AvgIpc) is 3.38. The van der Waals surface area contributed by atoms with Gasteiger partial charge in [-0.2, -0.15) is 10.2 Å². The van der Waals surface area contributed by atoms with Gasteiger partial charge in [-0.1, -0.05) is 6.07 Å². The van der Waals surface area contributed by atoms with Crippen LogP contribution in [0.15, 0.2) is 48.7 Å². The number of nitrogens with zero attached hydrogens (tertiary/aromatic N) is 3. The first kappa shape index (κ1) is 21.6. The standard InChI is InChI=1S/C22H22F2N6O2/c23-16-10-15(11-17(24)13-16)9-14-1-2-19-18(12-14)21(29-28-19)27-22(31)20-3-5-26-30(20)6-8-32-7-4-25/h1-3,5,10-13H,4,6-9,25H2,(H2,27,28,29,31). The molecule has 0 bridgehead atoms. The molecule has 0 unspecified atom stereocenters. The van der Waals surface area contributed by atoms with Crippen LogP contribution in [0.4, 0.5) is 14.6 Å². The van der Waals surface area contributed by atoms with Crippen LogP contribution in [0.1, 0.15) is 21.6 Å². The normalized spacial score (nSPS) is 11.2. The minimum atomic E-state index is -0.623. The van der Waals surface area contributed by atoms with Crippen LogP contribution in [0.3, 0.4) is 0 Å². The molecule has 0 atom stereocenters. The number of nitrogens with one attached hydrogen (secondary N) is 2. The van der Waals surface area contributed by atoms with E-state index < -0.39 is 11.6 Å².